The lowest BCUT2D eigenvalue weighted by Crippen LogP contribution is -2.48. The van der Waals surface area contributed by atoms with Crippen LogP contribution in [0.25, 0.3) is 0 Å². The van der Waals surface area contributed by atoms with Crippen molar-refractivity contribution in [1.29, 1.82) is 0 Å². The number of benzene rings is 1. The maximum absolute atomic E-state index is 12.6. The zero-order valence-electron chi connectivity index (χ0n) is 16.7. The van der Waals surface area contributed by atoms with Gasteiger partial charge in [0.1, 0.15) is 0 Å². The lowest BCUT2D eigenvalue weighted by Gasteiger charge is -2.35. The molecule has 0 aliphatic carbocycles. The largest absolute Gasteiger partial charge is 0.373 e. The fourth-order valence-corrected chi connectivity index (χ4v) is 4.88. The summed E-state index contributed by atoms with van der Waals surface area (Å²) in [7, 11) is 0. The fourth-order valence-electron chi connectivity index (χ4n) is 4.88. The highest BCUT2D eigenvalue weighted by Crippen LogP contribution is 2.27. The van der Waals surface area contributed by atoms with E-state index in [0.29, 0.717) is 18.1 Å². The summed E-state index contributed by atoms with van der Waals surface area (Å²) in [4.78, 5) is 15.0. The van der Waals surface area contributed by atoms with E-state index >= 15 is 0 Å². The average Bonchev–Trinajstić information content (AvgIpc) is 2.93. The Labute approximate surface area is 180 Å². The second kappa shape index (κ2) is 10.3. The Bertz CT molecular complexity index is 621. The SMILES string of the molecule is CC1CN(Cc2ccc(C(=O)NC3CC4CCC(C3)N4)cc2)CC(C)O1.Cl.Cl. The van der Waals surface area contributed by atoms with Crippen LogP contribution in [0.5, 0.6) is 0 Å². The Hall–Kier alpha value is -0.850. The number of morpholine rings is 1. The van der Waals surface area contributed by atoms with E-state index in [1.165, 1.54) is 18.4 Å². The molecule has 7 heteroatoms. The fraction of sp³-hybridized carbons (Fsp3) is 0.667. The van der Waals surface area contributed by atoms with Gasteiger partial charge in [-0.1, -0.05) is 12.1 Å². The van der Waals surface area contributed by atoms with Crippen LogP contribution in [-0.2, 0) is 11.3 Å². The zero-order chi connectivity index (χ0) is 18.1. The summed E-state index contributed by atoms with van der Waals surface area (Å²) in [6.07, 6.45) is 5.20. The third kappa shape index (κ3) is 5.83. The standard InChI is InChI=1S/C21H31N3O2.2ClH/c1-14-11-24(12-15(2)26-14)13-16-3-5-17(6-4-16)21(25)23-20-9-18-7-8-19(10-20)22-18;;/h3-6,14-15,18-20,22H,7-13H2,1-2H3,(H,23,25);2*1H. The normalized spacial score (nSPS) is 32.1. The highest BCUT2D eigenvalue weighted by molar-refractivity contribution is 5.94. The molecule has 4 unspecified atom stereocenters. The molecule has 2 bridgehead atoms. The number of carbonyl (C=O) groups is 1. The van der Waals surface area contributed by atoms with Crippen molar-refractivity contribution in [3.05, 3.63) is 35.4 Å². The Morgan fingerprint density at radius 3 is 2.21 bits per heavy atom. The van der Waals surface area contributed by atoms with Gasteiger partial charge in [-0.2, -0.15) is 0 Å². The number of halogens is 2. The molecule has 0 radical (unpaired) electrons. The zero-order valence-corrected chi connectivity index (χ0v) is 18.4. The first-order chi connectivity index (χ1) is 12.5. The topological polar surface area (TPSA) is 53.6 Å². The van der Waals surface area contributed by atoms with Gasteiger partial charge in [0, 0.05) is 43.3 Å². The lowest BCUT2D eigenvalue weighted by atomic mass is 9.99. The molecule has 4 rings (SSSR count). The molecular formula is C21H33Cl2N3O2. The molecule has 0 saturated carbocycles. The minimum Gasteiger partial charge on any atom is -0.373 e. The van der Waals surface area contributed by atoms with E-state index in [2.05, 4.69) is 41.5 Å². The average molecular weight is 430 g/mol. The summed E-state index contributed by atoms with van der Waals surface area (Å²) in [5, 5.41) is 6.86. The van der Waals surface area contributed by atoms with Crippen LogP contribution in [0, 0.1) is 0 Å². The van der Waals surface area contributed by atoms with E-state index in [0.717, 1.165) is 38.0 Å². The molecule has 2 N–H and O–H groups in total. The van der Waals surface area contributed by atoms with E-state index in [9.17, 15) is 4.79 Å². The molecule has 3 aliphatic rings. The van der Waals surface area contributed by atoms with Crippen LogP contribution in [0.4, 0.5) is 0 Å². The smallest absolute Gasteiger partial charge is 0.251 e. The van der Waals surface area contributed by atoms with Crippen LogP contribution < -0.4 is 10.6 Å². The molecule has 5 nitrogen and oxygen atoms in total. The van der Waals surface area contributed by atoms with Crippen LogP contribution in [0.2, 0.25) is 0 Å². The predicted molar refractivity (Wildman–Crippen MR) is 117 cm³/mol. The van der Waals surface area contributed by atoms with Gasteiger partial charge in [-0.3, -0.25) is 9.69 Å². The van der Waals surface area contributed by atoms with Crippen LogP contribution in [0.3, 0.4) is 0 Å². The first-order valence-corrected chi connectivity index (χ1v) is 10.1. The summed E-state index contributed by atoms with van der Waals surface area (Å²) in [6.45, 7) is 7.10. The van der Waals surface area contributed by atoms with Gasteiger partial charge < -0.3 is 15.4 Å². The van der Waals surface area contributed by atoms with Gasteiger partial charge in [-0.15, -0.1) is 24.8 Å². The molecule has 1 aromatic rings. The number of amides is 1. The number of fused-ring (bicyclic) bond motifs is 2. The van der Waals surface area contributed by atoms with Gasteiger partial charge in [0.05, 0.1) is 12.2 Å². The second-order valence-electron chi connectivity index (χ2n) is 8.43. The number of nitrogens with one attached hydrogen (secondary N) is 2. The summed E-state index contributed by atoms with van der Waals surface area (Å²) in [5.74, 6) is 0.0662. The molecule has 3 saturated heterocycles. The summed E-state index contributed by atoms with van der Waals surface area (Å²) in [6, 6.07) is 9.62. The van der Waals surface area contributed by atoms with Gasteiger partial charge in [0.2, 0.25) is 0 Å². The van der Waals surface area contributed by atoms with Crippen molar-refractivity contribution in [2.75, 3.05) is 13.1 Å². The highest BCUT2D eigenvalue weighted by atomic mass is 35.5. The Balaban J connectivity index is 0.00000140. The van der Waals surface area contributed by atoms with Crippen molar-refractivity contribution >= 4 is 30.7 Å². The molecule has 158 valence electrons. The quantitative estimate of drug-likeness (QED) is 0.771. The highest BCUT2D eigenvalue weighted by Gasteiger charge is 2.34. The maximum atomic E-state index is 12.6. The van der Waals surface area contributed by atoms with Crippen LogP contribution >= 0.6 is 24.8 Å². The number of nitrogens with zero attached hydrogens (tertiary/aromatic N) is 1. The Morgan fingerprint density at radius 1 is 1.07 bits per heavy atom. The molecule has 3 heterocycles. The number of hydrogen-bond donors (Lipinski definition) is 2. The van der Waals surface area contributed by atoms with Crippen LogP contribution in [0.1, 0.15) is 55.5 Å². The maximum Gasteiger partial charge on any atom is 0.251 e. The number of ether oxygens (including phenoxy) is 1. The predicted octanol–water partition coefficient (Wildman–Crippen LogP) is 3.15. The van der Waals surface area contributed by atoms with E-state index in [-0.39, 0.29) is 42.9 Å². The third-order valence-electron chi connectivity index (χ3n) is 5.93. The summed E-state index contributed by atoms with van der Waals surface area (Å²) < 4.78 is 5.80. The number of carbonyl (C=O) groups excluding carboxylic acids is 1. The third-order valence-corrected chi connectivity index (χ3v) is 5.93. The van der Waals surface area contributed by atoms with Crippen molar-refractivity contribution in [3.63, 3.8) is 0 Å². The van der Waals surface area contributed by atoms with Crippen LogP contribution in [-0.4, -0.2) is 54.2 Å². The lowest BCUT2D eigenvalue weighted by molar-refractivity contribution is -0.0704. The van der Waals surface area contributed by atoms with Crippen molar-refractivity contribution in [3.8, 4) is 0 Å². The minimum absolute atomic E-state index is 0. The molecular weight excluding hydrogens is 397 g/mol. The molecule has 0 aromatic heterocycles. The first kappa shape index (κ1) is 23.4. The van der Waals surface area contributed by atoms with Crippen molar-refractivity contribution in [2.24, 2.45) is 0 Å². The monoisotopic (exact) mass is 429 g/mol. The van der Waals surface area contributed by atoms with Gasteiger partial charge in [0.25, 0.3) is 5.91 Å². The van der Waals surface area contributed by atoms with Gasteiger partial charge in [0.15, 0.2) is 0 Å². The summed E-state index contributed by atoms with van der Waals surface area (Å²) >= 11 is 0. The van der Waals surface area contributed by atoms with E-state index in [1.54, 1.807) is 0 Å². The number of hydrogen-bond acceptors (Lipinski definition) is 4. The van der Waals surface area contributed by atoms with E-state index in [1.807, 2.05) is 12.1 Å². The molecule has 3 fully saturated rings. The molecule has 1 amide bonds. The Morgan fingerprint density at radius 2 is 1.64 bits per heavy atom. The van der Waals surface area contributed by atoms with Gasteiger partial charge >= 0.3 is 0 Å². The minimum atomic E-state index is 0. The molecule has 3 aliphatic heterocycles. The van der Waals surface area contributed by atoms with Crippen molar-refractivity contribution < 1.29 is 9.53 Å². The van der Waals surface area contributed by atoms with E-state index in [4.69, 9.17) is 4.74 Å². The van der Waals surface area contributed by atoms with Crippen molar-refractivity contribution in [2.45, 2.75) is 76.4 Å². The number of piperidine rings is 1. The molecule has 4 atom stereocenters. The number of rotatable bonds is 4. The van der Waals surface area contributed by atoms with Gasteiger partial charge in [-0.25, -0.2) is 0 Å². The first-order valence-electron chi connectivity index (χ1n) is 10.1. The summed E-state index contributed by atoms with van der Waals surface area (Å²) in [5.41, 5.74) is 2.02. The molecule has 0 spiro atoms. The van der Waals surface area contributed by atoms with Crippen molar-refractivity contribution in [1.82, 2.24) is 15.5 Å². The molecule has 28 heavy (non-hydrogen) atoms. The Kier molecular flexibility index (Phi) is 8.59. The van der Waals surface area contributed by atoms with E-state index < -0.39 is 0 Å². The molecule has 1 aromatic carbocycles. The van der Waals surface area contributed by atoms with Gasteiger partial charge in [-0.05, 0) is 57.2 Å². The van der Waals surface area contributed by atoms with Crippen LogP contribution in [0.15, 0.2) is 24.3 Å². The second-order valence-corrected chi connectivity index (χ2v) is 8.43.